The lowest BCUT2D eigenvalue weighted by atomic mass is 9.96. The third-order valence-corrected chi connectivity index (χ3v) is 10.0. The van der Waals surface area contributed by atoms with E-state index in [1.54, 1.807) is 11.3 Å². The van der Waals surface area contributed by atoms with E-state index in [-0.39, 0.29) is 0 Å². The van der Waals surface area contributed by atoms with E-state index in [0.29, 0.717) is 5.56 Å². The van der Waals surface area contributed by atoms with Crippen LogP contribution in [-0.2, 0) is 0 Å². The largest absolute Gasteiger partial charge is 0.456 e. The molecule has 0 unspecified atom stereocenters. The molecule has 43 heavy (non-hydrogen) atoms. The average Bonchev–Trinajstić information content (AvgIpc) is 3.70. The fourth-order valence-corrected chi connectivity index (χ4v) is 8.09. The lowest BCUT2D eigenvalue weighted by Gasteiger charge is -2.10. The molecule has 4 heteroatoms. The second-order valence-corrected chi connectivity index (χ2v) is 12.4. The number of nitrogens with zero attached hydrogens (tertiary/aromatic N) is 2. The Bertz CT molecular complexity index is 2600. The molecule has 3 aromatic heterocycles. The minimum atomic E-state index is 0.698. The molecule has 0 spiro atoms. The standard InChI is InChI=1S/C39H24N2OS/c1-22-10-16-32-30(18-22)31-19-23(2)11-17-33(31)41(32)34-8-5-7-29-37-26(14-13-25(21-40)38(37)43-39(29)34)24-12-15-28-27-6-3-4-9-35(27)42-36(28)20-24/h3-20H,1-2H3. The van der Waals surface area contributed by atoms with E-state index in [2.05, 4.69) is 109 Å². The molecule has 6 aromatic carbocycles. The number of furan rings is 1. The number of para-hydroxylation sites is 1. The summed E-state index contributed by atoms with van der Waals surface area (Å²) in [6.45, 7) is 4.30. The summed E-state index contributed by atoms with van der Waals surface area (Å²) < 4.78 is 10.8. The van der Waals surface area contributed by atoms with E-state index >= 15 is 0 Å². The normalized spacial score (nSPS) is 11.9. The molecule has 0 aliphatic heterocycles. The zero-order chi connectivity index (χ0) is 28.8. The molecule has 3 nitrogen and oxygen atoms in total. The van der Waals surface area contributed by atoms with Gasteiger partial charge in [-0.3, -0.25) is 0 Å². The Morgan fingerprint density at radius 2 is 1.35 bits per heavy atom. The summed E-state index contributed by atoms with van der Waals surface area (Å²) in [4.78, 5) is 0. The van der Waals surface area contributed by atoms with Crippen molar-refractivity contribution in [3.8, 4) is 22.9 Å². The van der Waals surface area contributed by atoms with Gasteiger partial charge in [0.2, 0.25) is 0 Å². The fraction of sp³-hybridized carbons (Fsp3) is 0.0513. The van der Waals surface area contributed by atoms with Gasteiger partial charge in [-0.15, -0.1) is 11.3 Å². The fourth-order valence-electron chi connectivity index (χ4n) is 6.80. The van der Waals surface area contributed by atoms with Crippen LogP contribution in [0.25, 0.3) is 80.7 Å². The summed E-state index contributed by atoms with van der Waals surface area (Å²) in [5.41, 5.74) is 10.6. The minimum Gasteiger partial charge on any atom is -0.456 e. The maximum Gasteiger partial charge on any atom is 0.136 e. The summed E-state index contributed by atoms with van der Waals surface area (Å²) in [5, 5.41) is 17.2. The molecule has 0 bridgehead atoms. The SMILES string of the molecule is Cc1ccc2c(c1)c1cc(C)ccc1n2-c1cccc2c1sc1c(C#N)ccc(-c3ccc4c(c3)oc3ccccc34)c12. The maximum atomic E-state index is 10.2. The number of thiophene rings is 1. The van der Waals surface area contributed by atoms with Crippen LogP contribution in [0.1, 0.15) is 16.7 Å². The third-order valence-electron chi connectivity index (χ3n) is 8.75. The van der Waals surface area contributed by atoms with Gasteiger partial charge in [-0.05, 0) is 79.6 Å². The van der Waals surface area contributed by atoms with Gasteiger partial charge in [0.05, 0.1) is 31.7 Å². The first kappa shape index (κ1) is 24.2. The summed E-state index contributed by atoms with van der Waals surface area (Å²) in [6, 6.07) is 41.2. The van der Waals surface area contributed by atoms with Crippen molar-refractivity contribution < 1.29 is 4.42 Å². The van der Waals surface area contributed by atoms with Crippen LogP contribution in [0.15, 0.2) is 114 Å². The summed E-state index contributed by atoms with van der Waals surface area (Å²) in [7, 11) is 0. The van der Waals surface area contributed by atoms with Crippen LogP contribution < -0.4 is 0 Å². The highest BCUT2D eigenvalue weighted by Gasteiger charge is 2.20. The molecule has 9 rings (SSSR count). The van der Waals surface area contributed by atoms with Gasteiger partial charge in [-0.1, -0.05) is 65.7 Å². The van der Waals surface area contributed by atoms with Gasteiger partial charge in [0.25, 0.3) is 0 Å². The molecular formula is C39H24N2OS. The quantitative estimate of drug-likeness (QED) is 0.208. The van der Waals surface area contributed by atoms with Crippen LogP contribution >= 0.6 is 11.3 Å². The molecule has 0 atom stereocenters. The van der Waals surface area contributed by atoms with Gasteiger partial charge in [-0.25, -0.2) is 0 Å². The number of rotatable bonds is 2. The van der Waals surface area contributed by atoms with Crippen molar-refractivity contribution >= 4 is 75.3 Å². The second kappa shape index (κ2) is 8.82. The van der Waals surface area contributed by atoms with E-state index in [4.69, 9.17) is 4.42 Å². The lowest BCUT2D eigenvalue weighted by molar-refractivity contribution is 0.669. The van der Waals surface area contributed by atoms with Crippen molar-refractivity contribution in [2.75, 3.05) is 0 Å². The van der Waals surface area contributed by atoms with Crippen molar-refractivity contribution in [2.45, 2.75) is 13.8 Å². The Morgan fingerprint density at radius 1 is 0.628 bits per heavy atom. The Labute approximate surface area is 251 Å². The van der Waals surface area contributed by atoms with Crippen LogP contribution in [0.2, 0.25) is 0 Å². The third kappa shape index (κ3) is 3.40. The molecule has 0 amide bonds. The predicted molar refractivity (Wildman–Crippen MR) is 181 cm³/mol. The number of aromatic nitrogens is 1. The second-order valence-electron chi connectivity index (χ2n) is 11.4. The number of nitriles is 1. The molecule has 9 aromatic rings. The number of aryl methyl sites for hydroxylation is 2. The smallest absolute Gasteiger partial charge is 0.136 e. The monoisotopic (exact) mass is 568 g/mol. The number of fused-ring (bicyclic) bond motifs is 9. The van der Waals surface area contributed by atoms with Crippen molar-refractivity contribution in [1.29, 1.82) is 5.26 Å². The molecule has 0 N–H and O–H groups in total. The summed E-state index contributed by atoms with van der Waals surface area (Å²) in [5.74, 6) is 0. The molecule has 0 radical (unpaired) electrons. The van der Waals surface area contributed by atoms with Gasteiger partial charge in [0.1, 0.15) is 17.2 Å². The summed E-state index contributed by atoms with van der Waals surface area (Å²) >= 11 is 1.71. The molecule has 0 saturated carbocycles. The zero-order valence-corrected chi connectivity index (χ0v) is 24.4. The highest BCUT2D eigenvalue weighted by Crippen LogP contribution is 2.46. The molecule has 0 fully saturated rings. The first-order valence-corrected chi connectivity index (χ1v) is 15.2. The molecule has 0 aliphatic rings. The van der Waals surface area contributed by atoms with Gasteiger partial charge in [0, 0.05) is 32.3 Å². The van der Waals surface area contributed by atoms with Crippen LogP contribution in [0, 0.1) is 25.2 Å². The van der Waals surface area contributed by atoms with Crippen molar-refractivity contribution in [1.82, 2.24) is 4.57 Å². The first-order chi connectivity index (χ1) is 21.1. The Hall–Kier alpha value is -5.37. The van der Waals surface area contributed by atoms with Gasteiger partial charge >= 0.3 is 0 Å². The van der Waals surface area contributed by atoms with E-state index in [1.807, 2.05) is 24.3 Å². The highest BCUT2D eigenvalue weighted by atomic mass is 32.1. The van der Waals surface area contributed by atoms with E-state index in [0.717, 1.165) is 54.2 Å². The van der Waals surface area contributed by atoms with Gasteiger partial charge < -0.3 is 8.98 Å². The topological polar surface area (TPSA) is 41.9 Å². The molecule has 202 valence electrons. The molecule has 3 heterocycles. The minimum absolute atomic E-state index is 0.698. The molecule has 0 saturated heterocycles. The molecule has 0 aliphatic carbocycles. The van der Waals surface area contributed by atoms with Crippen LogP contribution in [0.5, 0.6) is 0 Å². The van der Waals surface area contributed by atoms with E-state index in [9.17, 15) is 5.26 Å². The molecular weight excluding hydrogens is 545 g/mol. The van der Waals surface area contributed by atoms with Crippen LogP contribution in [-0.4, -0.2) is 4.57 Å². The lowest BCUT2D eigenvalue weighted by Crippen LogP contribution is -1.94. The predicted octanol–water partition coefficient (Wildman–Crippen LogP) is 11.2. The first-order valence-electron chi connectivity index (χ1n) is 14.4. The van der Waals surface area contributed by atoms with Crippen LogP contribution in [0.4, 0.5) is 0 Å². The van der Waals surface area contributed by atoms with Crippen LogP contribution in [0.3, 0.4) is 0 Å². The van der Waals surface area contributed by atoms with Crippen molar-refractivity contribution in [3.05, 3.63) is 126 Å². The average molecular weight is 569 g/mol. The van der Waals surface area contributed by atoms with Gasteiger partial charge in [-0.2, -0.15) is 5.26 Å². The van der Waals surface area contributed by atoms with Gasteiger partial charge in [0.15, 0.2) is 0 Å². The maximum absolute atomic E-state index is 10.2. The zero-order valence-electron chi connectivity index (χ0n) is 23.6. The number of hydrogen-bond acceptors (Lipinski definition) is 3. The summed E-state index contributed by atoms with van der Waals surface area (Å²) in [6.07, 6.45) is 0. The van der Waals surface area contributed by atoms with Crippen molar-refractivity contribution in [2.24, 2.45) is 0 Å². The van der Waals surface area contributed by atoms with Crippen molar-refractivity contribution in [3.63, 3.8) is 0 Å². The van der Waals surface area contributed by atoms with E-state index < -0.39 is 0 Å². The highest BCUT2D eigenvalue weighted by molar-refractivity contribution is 7.26. The Balaban J connectivity index is 1.36. The number of benzene rings is 6. The Morgan fingerprint density at radius 3 is 2.12 bits per heavy atom. The Kier molecular flexibility index (Phi) is 4.97. The van der Waals surface area contributed by atoms with E-state index in [1.165, 1.54) is 37.6 Å². The number of hydrogen-bond donors (Lipinski definition) is 0.